The van der Waals surface area contributed by atoms with Crippen molar-refractivity contribution in [2.45, 2.75) is 18.9 Å². The maximum absolute atomic E-state index is 12.6. The van der Waals surface area contributed by atoms with Crippen LogP contribution in [0.4, 0.5) is 5.69 Å². The number of halogens is 2. The number of hydrogen-bond donors (Lipinski definition) is 0. The van der Waals surface area contributed by atoms with E-state index in [2.05, 4.69) is 0 Å². The minimum atomic E-state index is -0.141. The van der Waals surface area contributed by atoms with Crippen molar-refractivity contribution in [1.82, 2.24) is 0 Å². The fourth-order valence-corrected chi connectivity index (χ4v) is 4.78. The van der Waals surface area contributed by atoms with Gasteiger partial charge < -0.3 is 9.47 Å². The van der Waals surface area contributed by atoms with Gasteiger partial charge in [0.15, 0.2) is 11.5 Å². The molecule has 1 fully saturated rings. The quantitative estimate of drug-likeness (QED) is 0.380. The summed E-state index contributed by atoms with van der Waals surface area (Å²) >= 11 is 13.6. The first-order chi connectivity index (χ1) is 15.0. The van der Waals surface area contributed by atoms with Crippen molar-refractivity contribution < 1.29 is 14.3 Å². The summed E-state index contributed by atoms with van der Waals surface area (Å²) in [5.41, 5.74) is 2.82. The molecular weight excluding hydrogens is 453 g/mol. The normalized spacial score (nSPS) is 15.9. The average Bonchev–Trinajstić information content (AvgIpc) is 3.16. The van der Waals surface area contributed by atoms with Gasteiger partial charge in [-0.05, 0) is 66.6 Å². The fraction of sp³-hybridized carbons (Fsp3) is 0.208. The van der Waals surface area contributed by atoms with Crippen LogP contribution in [-0.4, -0.2) is 18.3 Å². The lowest BCUT2D eigenvalue weighted by Gasteiger charge is -2.25. The van der Waals surface area contributed by atoms with Crippen LogP contribution in [0.25, 0.3) is 0 Å². The summed E-state index contributed by atoms with van der Waals surface area (Å²) in [5, 5.41) is 1.19. The Bertz CT molecular complexity index is 1060. The second kappa shape index (κ2) is 9.86. The van der Waals surface area contributed by atoms with E-state index in [0.717, 1.165) is 16.8 Å². The summed E-state index contributed by atoms with van der Waals surface area (Å²) in [6, 6.07) is 20.7. The lowest BCUT2D eigenvalue weighted by Crippen LogP contribution is -2.27. The topological polar surface area (TPSA) is 38.8 Å². The van der Waals surface area contributed by atoms with Crippen LogP contribution >= 0.6 is 35.0 Å². The highest BCUT2D eigenvalue weighted by Gasteiger charge is 2.34. The number of thioether (sulfide) groups is 1. The van der Waals surface area contributed by atoms with Gasteiger partial charge in [0.2, 0.25) is 5.91 Å². The molecule has 1 aliphatic rings. The molecule has 0 unspecified atom stereocenters. The Kier molecular flexibility index (Phi) is 6.96. The summed E-state index contributed by atoms with van der Waals surface area (Å²) in [7, 11) is 0. The molecule has 3 aromatic rings. The number of hydrogen-bond acceptors (Lipinski definition) is 4. The molecule has 1 amide bonds. The van der Waals surface area contributed by atoms with Crippen LogP contribution in [0.5, 0.6) is 11.5 Å². The van der Waals surface area contributed by atoms with Crippen molar-refractivity contribution in [1.29, 1.82) is 0 Å². The Hall–Kier alpha value is -2.34. The standard InChI is InChI=1S/C24H21Cl2NO3S/c1-2-29-22-13-17(5-12-21(22)30-14-16-3-6-18(25)7-4-16)24-27(23(28)15-31-24)20-10-8-19(26)9-11-20/h3-13,24H,2,14-15H2,1H3/t24-/m0/s1. The molecule has 0 bridgehead atoms. The molecule has 0 aromatic heterocycles. The number of ether oxygens (including phenoxy) is 2. The number of carbonyl (C=O) groups is 1. The van der Waals surface area contributed by atoms with Gasteiger partial charge in [-0.3, -0.25) is 9.69 Å². The van der Waals surface area contributed by atoms with E-state index in [1.165, 1.54) is 0 Å². The first kappa shape index (κ1) is 21.9. The van der Waals surface area contributed by atoms with E-state index in [4.69, 9.17) is 32.7 Å². The maximum Gasteiger partial charge on any atom is 0.238 e. The van der Waals surface area contributed by atoms with Crippen LogP contribution in [0.15, 0.2) is 66.7 Å². The minimum Gasteiger partial charge on any atom is -0.490 e. The van der Waals surface area contributed by atoms with Gasteiger partial charge in [-0.15, -0.1) is 11.8 Å². The molecule has 3 aromatic carbocycles. The lowest BCUT2D eigenvalue weighted by atomic mass is 10.1. The molecule has 7 heteroatoms. The molecule has 1 heterocycles. The van der Waals surface area contributed by atoms with E-state index in [1.807, 2.05) is 61.5 Å². The van der Waals surface area contributed by atoms with Gasteiger partial charge >= 0.3 is 0 Å². The number of nitrogens with zero attached hydrogens (tertiary/aromatic N) is 1. The van der Waals surface area contributed by atoms with Crippen LogP contribution in [0.2, 0.25) is 10.0 Å². The van der Waals surface area contributed by atoms with Gasteiger partial charge in [0, 0.05) is 15.7 Å². The summed E-state index contributed by atoms with van der Waals surface area (Å²) in [4.78, 5) is 14.4. The molecule has 0 spiro atoms. The first-order valence-electron chi connectivity index (χ1n) is 9.88. The molecule has 0 aliphatic carbocycles. The van der Waals surface area contributed by atoms with E-state index in [0.29, 0.717) is 40.5 Å². The number of amides is 1. The molecule has 1 aliphatic heterocycles. The van der Waals surface area contributed by atoms with Crippen molar-refractivity contribution in [2.75, 3.05) is 17.3 Å². The van der Waals surface area contributed by atoms with Gasteiger partial charge in [0.25, 0.3) is 0 Å². The predicted molar refractivity (Wildman–Crippen MR) is 128 cm³/mol. The molecule has 4 nitrogen and oxygen atoms in total. The van der Waals surface area contributed by atoms with Crippen LogP contribution in [0.1, 0.15) is 23.4 Å². The van der Waals surface area contributed by atoms with Crippen LogP contribution < -0.4 is 14.4 Å². The Morgan fingerprint density at radius 2 is 1.61 bits per heavy atom. The van der Waals surface area contributed by atoms with E-state index < -0.39 is 0 Å². The highest BCUT2D eigenvalue weighted by Crippen LogP contribution is 2.44. The first-order valence-corrected chi connectivity index (χ1v) is 11.7. The third kappa shape index (κ3) is 5.12. The number of carbonyl (C=O) groups excluding carboxylic acids is 1. The molecule has 0 saturated carbocycles. The Labute approximate surface area is 196 Å². The van der Waals surface area contributed by atoms with Gasteiger partial charge in [-0.1, -0.05) is 41.4 Å². The smallest absolute Gasteiger partial charge is 0.238 e. The molecule has 4 rings (SSSR count). The second-order valence-corrected chi connectivity index (χ2v) is 8.90. The Balaban J connectivity index is 1.58. The third-order valence-electron chi connectivity index (χ3n) is 4.83. The van der Waals surface area contributed by atoms with Gasteiger partial charge in [-0.25, -0.2) is 0 Å². The molecule has 31 heavy (non-hydrogen) atoms. The lowest BCUT2D eigenvalue weighted by molar-refractivity contribution is -0.115. The molecule has 0 N–H and O–H groups in total. The van der Waals surface area contributed by atoms with Gasteiger partial charge in [0.1, 0.15) is 12.0 Å². The van der Waals surface area contributed by atoms with Crippen LogP contribution in [-0.2, 0) is 11.4 Å². The van der Waals surface area contributed by atoms with Crippen molar-refractivity contribution in [3.63, 3.8) is 0 Å². The Morgan fingerprint density at radius 1 is 0.935 bits per heavy atom. The largest absolute Gasteiger partial charge is 0.490 e. The monoisotopic (exact) mass is 473 g/mol. The third-order valence-corrected chi connectivity index (χ3v) is 6.55. The molecule has 1 saturated heterocycles. The number of benzene rings is 3. The maximum atomic E-state index is 12.6. The summed E-state index contributed by atoms with van der Waals surface area (Å²) in [6.45, 7) is 2.85. The van der Waals surface area contributed by atoms with E-state index in [1.54, 1.807) is 28.8 Å². The highest BCUT2D eigenvalue weighted by molar-refractivity contribution is 8.00. The molecule has 0 radical (unpaired) electrons. The van der Waals surface area contributed by atoms with Gasteiger partial charge in [-0.2, -0.15) is 0 Å². The zero-order chi connectivity index (χ0) is 21.8. The van der Waals surface area contributed by atoms with Crippen LogP contribution in [0.3, 0.4) is 0 Å². The van der Waals surface area contributed by atoms with Crippen molar-refractivity contribution >= 4 is 46.6 Å². The van der Waals surface area contributed by atoms with Crippen molar-refractivity contribution in [2.24, 2.45) is 0 Å². The SMILES string of the molecule is CCOc1cc([C@@H]2SCC(=O)N2c2ccc(Cl)cc2)ccc1OCc1ccc(Cl)cc1. The average molecular weight is 474 g/mol. The van der Waals surface area contributed by atoms with Crippen molar-refractivity contribution in [3.05, 3.63) is 87.9 Å². The zero-order valence-corrected chi connectivity index (χ0v) is 19.2. The van der Waals surface area contributed by atoms with E-state index in [-0.39, 0.29) is 11.3 Å². The second-order valence-electron chi connectivity index (χ2n) is 6.96. The van der Waals surface area contributed by atoms with Gasteiger partial charge in [0.05, 0.1) is 12.4 Å². The van der Waals surface area contributed by atoms with Crippen molar-refractivity contribution in [3.8, 4) is 11.5 Å². The Morgan fingerprint density at radius 3 is 2.29 bits per heavy atom. The van der Waals surface area contributed by atoms with Crippen LogP contribution in [0, 0.1) is 0 Å². The highest BCUT2D eigenvalue weighted by atomic mass is 35.5. The predicted octanol–water partition coefficient (Wildman–Crippen LogP) is 6.75. The summed E-state index contributed by atoms with van der Waals surface area (Å²) in [6.07, 6.45) is 0. The number of anilines is 1. The van der Waals surface area contributed by atoms with E-state index >= 15 is 0 Å². The molecule has 1 atom stereocenters. The van der Waals surface area contributed by atoms with E-state index in [9.17, 15) is 4.79 Å². The summed E-state index contributed by atoms with van der Waals surface area (Å²) < 4.78 is 11.9. The number of rotatable bonds is 7. The molecule has 160 valence electrons. The summed E-state index contributed by atoms with van der Waals surface area (Å²) in [5.74, 6) is 1.81. The zero-order valence-electron chi connectivity index (χ0n) is 16.9. The molecular formula is C24H21Cl2NO3S. The fourth-order valence-electron chi connectivity index (χ4n) is 3.36. The minimum absolute atomic E-state index is 0.0679.